The van der Waals surface area contributed by atoms with Crippen molar-refractivity contribution in [3.05, 3.63) is 60.8 Å². The van der Waals surface area contributed by atoms with Gasteiger partial charge >= 0.3 is 17.9 Å². The van der Waals surface area contributed by atoms with E-state index in [4.69, 9.17) is 14.2 Å². The van der Waals surface area contributed by atoms with Crippen molar-refractivity contribution in [3.63, 3.8) is 0 Å². The second-order valence-electron chi connectivity index (χ2n) is 24.1. The largest absolute Gasteiger partial charge is 0.462 e. The van der Waals surface area contributed by atoms with Gasteiger partial charge in [0.05, 0.1) is 0 Å². The number of allylic oxidation sites excluding steroid dienone is 10. The molecule has 0 N–H and O–H groups in total. The molecule has 6 heteroatoms. The monoisotopic (exact) mass is 1130 g/mol. The number of carbonyl (C=O) groups excluding carboxylic acids is 3. The third-order valence-electron chi connectivity index (χ3n) is 16.0. The molecule has 0 spiro atoms. The average molecular weight is 1130 g/mol. The Morgan fingerprint density at radius 1 is 0.259 bits per heavy atom. The van der Waals surface area contributed by atoms with Gasteiger partial charge in [0.1, 0.15) is 13.2 Å². The Bertz CT molecular complexity index is 1440. The van der Waals surface area contributed by atoms with E-state index in [1.54, 1.807) is 0 Å². The second-order valence-corrected chi connectivity index (χ2v) is 24.1. The molecule has 1 atom stereocenters. The van der Waals surface area contributed by atoms with Gasteiger partial charge < -0.3 is 14.2 Å². The summed E-state index contributed by atoms with van der Waals surface area (Å²) in [5, 5.41) is 0. The molecule has 0 aliphatic heterocycles. The van der Waals surface area contributed by atoms with Crippen molar-refractivity contribution >= 4 is 17.9 Å². The Hall–Kier alpha value is -2.89. The van der Waals surface area contributed by atoms with Crippen molar-refractivity contribution in [2.24, 2.45) is 0 Å². The summed E-state index contributed by atoms with van der Waals surface area (Å²) in [5.74, 6) is -0.877. The van der Waals surface area contributed by atoms with Gasteiger partial charge in [-0.25, -0.2) is 0 Å². The number of hydrogen-bond donors (Lipinski definition) is 0. The summed E-state index contributed by atoms with van der Waals surface area (Å²) in [7, 11) is 0. The first kappa shape index (κ1) is 78.1. The quantitative estimate of drug-likeness (QED) is 0.0261. The van der Waals surface area contributed by atoms with E-state index in [2.05, 4.69) is 81.5 Å². The van der Waals surface area contributed by atoms with Gasteiger partial charge in [0.25, 0.3) is 0 Å². The number of carbonyl (C=O) groups is 3. The molecule has 0 saturated heterocycles. The van der Waals surface area contributed by atoms with E-state index in [-0.39, 0.29) is 31.1 Å². The zero-order valence-electron chi connectivity index (χ0n) is 54.3. The third kappa shape index (κ3) is 67.8. The van der Waals surface area contributed by atoms with Gasteiger partial charge in [-0.05, 0) is 77.0 Å². The summed E-state index contributed by atoms with van der Waals surface area (Å²) in [6.07, 6.45) is 90.0. The summed E-state index contributed by atoms with van der Waals surface area (Å²) in [5.41, 5.74) is 0. The molecule has 0 aromatic carbocycles. The molecule has 6 nitrogen and oxygen atoms in total. The van der Waals surface area contributed by atoms with E-state index in [9.17, 15) is 14.4 Å². The Labute approximate surface area is 504 Å². The molecule has 0 rings (SSSR count). The molecule has 1 unspecified atom stereocenters. The first-order chi connectivity index (χ1) is 40.0. The van der Waals surface area contributed by atoms with Crippen molar-refractivity contribution in [1.82, 2.24) is 0 Å². The van der Waals surface area contributed by atoms with Gasteiger partial charge in [-0.2, -0.15) is 0 Å². The molecular weight excluding hydrogens is 997 g/mol. The summed E-state index contributed by atoms with van der Waals surface area (Å²) in [6.45, 7) is 6.51. The Morgan fingerprint density at radius 3 is 0.815 bits per heavy atom. The number of unbranched alkanes of at least 4 members (excludes halogenated alkanes) is 45. The predicted octanol–water partition coefficient (Wildman–Crippen LogP) is 24.7. The summed E-state index contributed by atoms with van der Waals surface area (Å²) in [6, 6.07) is 0. The van der Waals surface area contributed by atoms with Crippen molar-refractivity contribution in [2.75, 3.05) is 13.2 Å². The van der Waals surface area contributed by atoms with Crippen molar-refractivity contribution in [3.8, 4) is 0 Å². The SMILES string of the molecule is CC/C=C\C/C=C\C/C=C\C/C=C\CCCCCCCCCCC(=O)OC(COC(=O)CCCCCCC/C=C\CCC)COC(=O)CCCCCCCCCCCCCCCCCCCCCCCCCCCCCCCCCC. The maximum absolute atomic E-state index is 12.9. The molecule has 472 valence electrons. The van der Waals surface area contributed by atoms with Gasteiger partial charge in [0, 0.05) is 19.3 Å². The fraction of sp³-hybridized carbons (Fsp3) is 0.827. The van der Waals surface area contributed by atoms with Crippen LogP contribution in [0.5, 0.6) is 0 Å². The second kappa shape index (κ2) is 69.6. The Morgan fingerprint density at radius 2 is 0.506 bits per heavy atom. The lowest BCUT2D eigenvalue weighted by atomic mass is 10.0. The highest BCUT2D eigenvalue weighted by atomic mass is 16.6. The van der Waals surface area contributed by atoms with Crippen LogP contribution in [-0.2, 0) is 28.6 Å². The van der Waals surface area contributed by atoms with Crippen LogP contribution in [-0.4, -0.2) is 37.2 Å². The summed E-state index contributed by atoms with van der Waals surface area (Å²) >= 11 is 0. The Balaban J connectivity index is 4.09. The highest BCUT2D eigenvalue weighted by Gasteiger charge is 2.19. The maximum Gasteiger partial charge on any atom is 0.306 e. The number of rotatable bonds is 66. The van der Waals surface area contributed by atoms with E-state index < -0.39 is 6.10 Å². The lowest BCUT2D eigenvalue weighted by molar-refractivity contribution is -0.167. The van der Waals surface area contributed by atoms with Crippen LogP contribution in [0.4, 0.5) is 0 Å². The first-order valence-electron chi connectivity index (χ1n) is 35.8. The van der Waals surface area contributed by atoms with Crippen LogP contribution >= 0.6 is 0 Å². The van der Waals surface area contributed by atoms with Gasteiger partial charge in [-0.15, -0.1) is 0 Å². The van der Waals surface area contributed by atoms with E-state index in [1.807, 2.05) is 0 Å². The average Bonchev–Trinajstić information content (AvgIpc) is 3.47. The third-order valence-corrected chi connectivity index (χ3v) is 16.0. The van der Waals surface area contributed by atoms with Crippen LogP contribution in [0.2, 0.25) is 0 Å². The zero-order valence-corrected chi connectivity index (χ0v) is 54.3. The van der Waals surface area contributed by atoms with Crippen LogP contribution in [0.15, 0.2) is 60.8 Å². The van der Waals surface area contributed by atoms with Crippen molar-refractivity contribution < 1.29 is 28.6 Å². The molecular formula is C75H136O6. The van der Waals surface area contributed by atoms with Crippen LogP contribution < -0.4 is 0 Å². The summed E-state index contributed by atoms with van der Waals surface area (Å²) in [4.78, 5) is 38.3. The molecule has 0 aromatic rings. The molecule has 0 saturated carbocycles. The zero-order chi connectivity index (χ0) is 58.5. The number of esters is 3. The molecule has 0 aliphatic rings. The van der Waals surface area contributed by atoms with E-state index in [1.165, 1.54) is 238 Å². The van der Waals surface area contributed by atoms with Gasteiger partial charge in [-0.3, -0.25) is 14.4 Å². The lowest BCUT2D eigenvalue weighted by Gasteiger charge is -2.18. The molecule has 81 heavy (non-hydrogen) atoms. The minimum atomic E-state index is -0.781. The van der Waals surface area contributed by atoms with Crippen LogP contribution in [0.25, 0.3) is 0 Å². The van der Waals surface area contributed by atoms with Crippen molar-refractivity contribution in [1.29, 1.82) is 0 Å². The van der Waals surface area contributed by atoms with Gasteiger partial charge in [0.2, 0.25) is 0 Å². The Kier molecular flexibility index (Phi) is 67.1. The molecule has 0 aliphatic carbocycles. The number of hydrogen-bond acceptors (Lipinski definition) is 6. The fourth-order valence-electron chi connectivity index (χ4n) is 10.7. The van der Waals surface area contributed by atoms with Crippen LogP contribution in [0.1, 0.15) is 380 Å². The smallest absolute Gasteiger partial charge is 0.306 e. The minimum absolute atomic E-state index is 0.0769. The highest BCUT2D eigenvalue weighted by molar-refractivity contribution is 5.71. The van der Waals surface area contributed by atoms with Crippen molar-refractivity contribution in [2.45, 2.75) is 386 Å². The first-order valence-corrected chi connectivity index (χ1v) is 35.8. The summed E-state index contributed by atoms with van der Waals surface area (Å²) < 4.78 is 16.9. The molecule has 0 heterocycles. The van der Waals surface area contributed by atoms with Gasteiger partial charge in [0.15, 0.2) is 6.10 Å². The van der Waals surface area contributed by atoms with Crippen LogP contribution in [0.3, 0.4) is 0 Å². The van der Waals surface area contributed by atoms with E-state index in [0.717, 1.165) is 103 Å². The fourth-order valence-corrected chi connectivity index (χ4v) is 10.7. The molecule has 0 amide bonds. The van der Waals surface area contributed by atoms with Crippen LogP contribution in [0, 0.1) is 0 Å². The highest BCUT2D eigenvalue weighted by Crippen LogP contribution is 2.19. The minimum Gasteiger partial charge on any atom is -0.462 e. The molecule has 0 bridgehead atoms. The lowest BCUT2D eigenvalue weighted by Crippen LogP contribution is -2.30. The van der Waals surface area contributed by atoms with E-state index in [0.29, 0.717) is 19.3 Å². The molecule has 0 fully saturated rings. The normalized spacial score (nSPS) is 12.4. The molecule has 0 aromatic heterocycles. The number of ether oxygens (including phenoxy) is 3. The topological polar surface area (TPSA) is 78.9 Å². The maximum atomic E-state index is 12.9. The van der Waals surface area contributed by atoms with E-state index >= 15 is 0 Å². The predicted molar refractivity (Wildman–Crippen MR) is 353 cm³/mol. The van der Waals surface area contributed by atoms with Gasteiger partial charge in [-0.1, -0.05) is 345 Å². The molecule has 0 radical (unpaired) electrons. The standard InChI is InChI=1S/C75H136O6/c1-4-7-10-13-16-19-22-24-26-28-30-32-33-34-35-36-37-38-39-40-41-42-44-45-47-49-51-53-56-59-62-65-68-74(77)80-71-72(70-79-73(76)67-64-61-58-55-21-18-15-12-9-6-3)81-75(78)69-66-63-60-57-54-52-50-48-46-43-31-29-27-25-23-20-17-14-11-8-5-2/h8,11-12,15,17,20,25,27,31,43,72H,4-7,9-10,13-14,16,18-19,21-24,26,28-30,32-42,44-71H2,1-3H3/b11-8-,15-12-,20-17-,27-25-,43-31-.